The van der Waals surface area contributed by atoms with Crippen LogP contribution in [0, 0.1) is 0 Å². The Hall–Kier alpha value is -1.23. The number of halogens is 2. The molecule has 1 unspecified atom stereocenters. The van der Waals surface area contributed by atoms with E-state index in [0.29, 0.717) is 24.0 Å². The van der Waals surface area contributed by atoms with E-state index < -0.39 is 0 Å². The predicted octanol–water partition coefficient (Wildman–Crippen LogP) is 4.18. The molecule has 1 aliphatic heterocycles. The molecule has 110 valence electrons. The van der Waals surface area contributed by atoms with E-state index in [1.807, 2.05) is 37.4 Å². The summed E-state index contributed by atoms with van der Waals surface area (Å²) in [4.78, 5) is 0. The van der Waals surface area contributed by atoms with Gasteiger partial charge in [-0.1, -0.05) is 45.7 Å². The molecule has 1 heterocycles. The molecule has 0 amide bonds. The maximum absolute atomic E-state index is 6.45. The normalized spacial score (nSPS) is 14.8. The number of nitrogens with one attached hydrogen (secondary N) is 1. The Balaban J connectivity index is 2.07. The van der Waals surface area contributed by atoms with Gasteiger partial charge < -0.3 is 14.8 Å². The molecule has 3 nitrogen and oxygen atoms in total. The van der Waals surface area contributed by atoms with Gasteiger partial charge in [0.15, 0.2) is 11.5 Å². The van der Waals surface area contributed by atoms with Crippen molar-refractivity contribution in [3.8, 4) is 11.5 Å². The first-order valence-electron chi connectivity index (χ1n) is 6.71. The molecule has 3 rings (SSSR count). The second-order valence-corrected chi connectivity index (χ2v) is 6.02. The van der Waals surface area contributed by atoms with Gasteiger partial charge in [-0.25, -0.2) is 0 Å². The summed E-state index contributed by atoms with van der Waals surface area (Å²) in [6, 6.07) is 11.8. The fraction of sp³-hybridized carbons (Fsp3) is 0.250. The highest BCUT2D eigenvalue weighted by Crippen LogP contribution is 2.40. The molecule has 0 bridgehead atoms. The molecule has 0 saturated carbocycles. The molecule has 2 aromatic carbocycles. The average Bonchev–Trinajstić information content (AvgIpc) is 2.50. The van der Waals surface area contributed by atoms with E-state index in [0.717, 1.165) is 21.3 Å². The van der Waals surface area contributed by atoms with Crippen LogP contribution in [0.15, 0.2) is 40.9 Å². The molecule has 1 aliphatic rings. The highest BCUT2D eigenvalue weighted by Gasteiger charge is 2.22. The quantitative estimate of drug-likeness (QED) is 0.881. The van der Waals surface area contributed by atoms with Gasteiger partial charge in [-0.3, -0.25) is 0 Å². The van der Waals surface area contributed by atoms with Crippen LogP contribution in [0.3, 0.4) is 0 Å². The van der Waals surface area contributed by atoms with E-state index in [-0.39, 0.29) is 6.04 Å². The zero-order chi connectivity index (χ0) is 14.8. The summed E-state index contributed by atoms with van der Waals surface area (Å²) in [6.45, 7) is 1.12. The van der Waals surface area contributed by atoms with Gasteiger partial charge in [0.05, 0.1) is 6.04 Å². The van der Waals surface area contributed by atoms with E-state index in [1.165, 1.54) is 0 Å². The minimum Gasteiger partial charge on any atom is -0.486 e. The standard InChI is InChI=1S/C16H15BrClNO2/c1-19-16(10-4-2-3-5-12(10)17)11-8-14-15(9-13(11)18)21-7-6-20-14/h2-5,8-9,16,19H,6-7H2,1H3. The van der Waals surface area contributed by atoms with Crippen molar-refractivity contribution >= 4 is 27.5 Å². The van der Waals surface area contributed by atoms with E-state index >= 15 is 0 Å². The first-order chi connectivity index (χ1) is 10.2. The minimum atomic E-state index is -0.0242. The lowest BCUT2D eigenvalue weighted by molar-refractivity contribution is 0.171. The predicted molar refractivity (Wildman–Crippen MR) is 87.5 cm³/mol. The summed E-state index contributed by atoms with van der Waals surface area (Å²) in [7, 11) is 1.91. The monoisotopic (exact) mass is 367 g/mol. The number of hydrogen-bond acceptors (Lipinski definition) is 3. The van der Waals surface area contributed by atoms with Crippen molar-refractivity contribution < 1.29 is 9.47 Å². The van der Waals surface area contributed by atoms with Gasteiger partial charge in [-0.2, -0.15) is 0 Å². The Morgan fingerprint density at radius 3 is 2.43 bits per heavy atom. The van der Waals surface area contributed by atoms with Gasteiger partial charge >= 0.3 is 0 Å². The molecular weight excluding hydrogens is 354 g/mol. The largest absolute Gasteiger partial charge is 0.486 e. The fourth-order valence-corrected chi connectivity index (χ4v) is 3.27. The second-order valence-electron chi connectivity index (χ2n) is 4.76. The van der Waals surface area contributed by atoms with Crippen molar-refractivity contribution in [1.82, 2.24) is 5.32 Å². The molecular formula is C16H15BrClNO2. The Morgan fingerprint density at radius 1 is 1.10 bits per heavy atom. The number of rotatable bonds is 3. The summed E-state index contributed by atoms with van der Waals surface area (Å²) in [5, 5.41) is 3.97. The maximum atomic E-state index is 6.45. The molecule has 2 aromatic rings. The molecule has 21 heavy (non-hydrogen) atoms. The third-order valence-corrected chi connectivity index (χ3v) is 4.53. The van der Waals surface area contributed by atoms with Crippen molar-refractivity contribution in [2.45, 2.75) is 6.04 Å². The van der Waals surface area contributed by atoms with Crippen molar-refractivity contribution in [3.63, 3.8) is 0 Å². The molecule has 0 aromatic heterocycles. The Bertz CT molecular complexity index is 663. The lowest BCUT2D eigenvalue weighted by Crippen LogP contribution is -2.20. The van der Waals surface area contributed by atoms with Crippen LogP contribution >= 0.6 is 27.5 Å². The molecule has 0 spiro atoms. The fourth-order valence-electron chi connectivity index (χ4n) is 2.49. The van der Waals surface area contributed by atoms with E-state index in [4.69, 9.17) is 21.1 Å². The summed E-state index contributed by atoms with van der Waals surface area (Å²) in [6.07, 6.45) is 0. The van der Waals surface area contributed by atoms with Gasteiger partial charge in [0.1, 0.15) is 13.2 Å². The lowest BCUT2D eigenvalue weighted by Gasteiger charge is -2.24. The third kappa shape index (κ3) is 2.89. The molecule has 0 saturated heterocycles. The lowest BCUT2D eigenvalue weighted by atomic mass is 9.98. The molecule has 0 fully saturated rings. The molecule has 1 N–H and O–H groups in total. The van der Waals surface area contributed by atoms with Crippen LogP contribution in [0.1, 0.15) is 17.2 Å². The van der Waals surface area contributed by atoms with E-state index in [1.54, 1.807) is 0 Å². The number of benzene rings is 2. The van der Waals surface area contributed by atoms with Crippen molar-refractivity contribution in [3.05, 3.63) is 57.0 Å². The molecule has 0 radical (unpaired) electrons. The average molecular weight is 369 g/mol. The first-order valence-corrected chi connectivity index (χ1v) is 7.88. The molecule has 5 heteroatoms. The Labute approximate surface area is 137 Å². The van der Waals surface area contributed by atoms with Crippen LogP contribution in [0.4, 0.5) is 0 Å². The first kappa shape index (κ1) is 14.7. The van der Waals surface area contributed by atoms with Crippen LogP contribution in [-0.4, -0.2) is 20.3 Å². The smallest absolute Gasteiger partial charge is 0.162 e. The molecule has 1 atom stereocenters. The Kier molecular flexibility index (Phi) is 4.38. The molecule has 0 aliphatic carbocycles. The minimum absolute atomic E-state index is 0.0242. The highest BCUT2D eigenvalue weighted by molar-refractivity contribution is 9.10. The Morgan fingerprint density at radius 2 is 1.76 bits per heavy atom. The van der Waals surface area contributed by atoms with Gasteiger partial charge in [0.25, 0.3) is 0 Å². The van der Waals surface area contributed by atoms with Crippen LogP contribution < -0.4 is 14.8 Å². The summed E-state index contributed by atoms with van der Waals surface area (Å²) >= 11 is 10.0. The van der Waals surface area contributed by atoms with Crippen LogP contribution in [0.25, 0.3) is 0 Å². The number of hydrogen-bond donors (Lipinski definition) is 1. The summed E-state index contributed by atoms with van der Waals surface area (Å²) < 4.78 is 12.3. The van der Waals surface area contributed by atoms with E-state index in [2.05, 4.69) is 27.3 Å². The topological polar surface area (TPSA) is 30.5 Å². The zero-order valence-corrected chi connectivity index (χ0v) is 13.9. The summed E-state index contributed by atoms with van der Waals surface area (Å²) in [5.41, 5.74) is 2.09. The van der Waals surface area contributed by atoms with Gasteiger partial charge in [0.2, 0.25) is 0 Å². The third-order valence-electron chi connectivity index (χ3n) is 3.48. The SMILES string of the molecule is CNC(c1cc2c(cc1Cl)OCCO2)c1ccccc1Br. The van der Waals surface area contributed by atoms with Gasteiger partial charge in [-0.15, -0.1) is 0 Å². The maximum Gasteiger partial charge on any atom is 0.162 e. The zero-order valence-electron chi connectivity index (χ0n) is 11.5. The second kappa shape index (κ2) is 6.26. The van der Waals surface area contributed by atoms with Crippen molar-refractivity contribution in [2.24, 2.45) is 0 Å². The highest BCUT2D eigenvalue weighted by atomic mass is 79.9. The van der Waals surface area contributed by atoms with Crippen molar-refractivity contribution in [1.29, 1.82) is 0 Å². The van der Waals surface area contributed by atoms with Crippen molar-refractivity contribution in [2.75, 3.05) is 20.3 Å². The van der Waals surface area contributed by atoms with Crippen LogP contribution in [0.2, 0.25) is 5.02 Å². The number of fused-ring (bicyclic) bond motifs is 1. The number of ether oxygens (including phenoxy) is 2. The van der Waals surface area contributed by atoms with Crippen LogP contribution in [-0.2, 0) is 0 Å². The van der Waals surface area contributed by atoms with Gasteiger partial charge in [0, 0.05) is 15.6 Å². The van der Waals surface area contributed by atoms with Crippen LogP contribution in [0.5, 0.6) is 11.5 Å². The summed E-state index contributed by atoms with van der Waals surface area (Å²) in [5.74, 6) is 1.45. The van der Waals surface area contributed by atoms with Gasteiger partial charge in [-0.05, 0) is 30.3 Å². The van der Waals surface area contributed by atoms with E-state index in [9.17, 15) is 0 Å².